The summed E-state index contributed by atoms with van der Waals surface area (Å²) in [5, 5.41) is 9.94. The summed E-state index contributed by atoms with van der Waals surface area (Å²) in [4.78, 5) is 0. The maximum atomic E-state index is 9.94. The molecule has 0 radical (unpaired) electrons. The van der Waals surface area contributed by atoms with Gasteiger partial charge in [-0.05, 0) is 134 Å². The second kappa shape index (κ2) is 7.25. The smallest absolute Gasteiger partial charge is 0.0462 e. The van der Waals surface area contributed by atoms with Gasteiger partial charge in [0.25, 0.3) is 0 Å². The van der Waals surface area contributed by atoms with Crippen LogP contribution in [0, 0.1) is 70.0 Å². The van der Waals surface area contributed by atoms with Crippen molar-refractivity contribution in [3.05, 3.63) is 0 Å². The van der Waals surface area contributed by atoms with E-state index in [9.17, 15) is 5.11 Å². The summed E-state index contributed by atoms with van der Waals surface area (Å²) in [5.41, 5.74) is 1.17. The highest BCUT2D eigenvalue weighted by atomic mass is 16.3. The average Bonchev–Trinajstić information content (AvgIpc) is 3.20. The molecule has 0 spiro atoms. The molecule has 0 aromatic carbocycles. The molecule has 0 aliphatic heterocycles. The van der Waals surface area contributed by atoms with E-state index in [0.29, 0.717) is 23.4 Å². The zero-order valence-corrected chi connectivity index (χ0v) is 20.0. The van der Waals surface area contributed by atoms with Crippen LogP contribution in [0.4, 0.5) is 0 Å². The number of fused-ring (bicyclic) bond motifs is 5. The molecule has 5 rings (SSSR count). The van der Waals surface area contributed by atoms with Crippen LogP contribution in [0.25, 0.3) is 0 Å². The van der Waals surface area contributed by atoms with Gasteiger partial charge in [0.05, 0.1) is 0 Å². The highest BCUT2D eigenvalue weighted by Crippen LogP contribution is 2.70. The molecular formula is C28H48O. The molecule has 1 heteroatoms. The molecular weight excluding hydrogens is 352 g/mol. The van der Waals surface area contributed by atoms with Crippen molar-refractivity contribution in [3.63, 3.8) is 0 Å². The summed E-state index contributed by atoms with van der Waals surface area (Å²) >= 11 is 0. The Hall–Kier alpha value is -0.0400. The third-order valence-corrected chi connectivity index (χ3v) is 11.9. The Labute approximate surface area is 180 Å². The molecule has 4 unspecified atom stereocenters. The maximum Gasteiger partial charge on any atom is 0.0462 e. The lowest BCUT2D eigenvalue weighted by atomic mass is 9.46. The third-order valence-electron chi connectivity index (χ3n) is 11.9. The lowest BCUT2D eigenvalue weighted by molar-refractivity contribution is -0.0982. The number of rotatable bonds is 5. The van der Waals surface area contributed by atoms with Gasteiger partial charge in [0.1, 0.15) is 0 Å². The molecule has 0 amide bonds. The van der Waals surface area contributed by atoms with E-state index in [0.717, 1.165) is 53.3 Å². The van der Waals surface area contributed by atoms with Gasteiger partial charge >= 0.3 is 0 Å². The molecule has 0 aromatic rings. The van der Waals surface area contributed by atoms with Crippen molar-refractivity contribution >= 4 is 0 Å². The Balaban J connectivity index is 1.31. The summed E-state index contributed by atoms with van der Waals surface area (Å²) in [6.07, 6.45) is 14.6. The van der Waals surface area contributed by atoms with Crippen molar-refractivity contribution in [2.75, 3.05) is 6.61 Å². The minimum absolute atomic E-state index is 0.442. The van der Waals surface area contributed by atoms with Gasteiger partial charge in [-0.2, -0.15) is 0 Å². The van der Waals surface area contributed by atoms with Crippen molar-refractivity contribution in [2.45, 2.75) is 98.8 Å². The summed E-state index contributed by atoms with van der Waals surface area (Å²) in [7, 11) is 0. The topological polar surface area (TPSA) is 20.2 Å². The van der Waals surface area contributed by atoms with Gasteiger partial charge in [-0.3, -0.25) is 0 Å². The highest BCUT2D eigenvalue weighted by Gasteiger charge is 2.63. The molecule has 166 valence electrons. The molecule has 1 N–H and O–H groups in total. The van der Waals surface area contributed by atoms with Gasteiger partial charge in [0.15, 0.2) is 0 Å². The van der Waals surface area contributed by atoms with Crippen LogP contribution in [-0.2, 0) is 0 Å². The molecule has 5 saturated carbocycles. The standard InChI is InChI=1S/C28H48O/c1-17(2)14-20-15-22(20)18(3)23-8-9-25-21-6-7-24-19(16-29)10-12-28(24,5)26(21)11-13-27(23,25)4/h17-26,29H,6-16H2,1-5H3/t18-,19-,20-,21?,22+,23?,24+,25?,26?,27-,28+/m1/s1. The van der Waals surface area contributed by atoms with Crippen molar-refractivity contribution in [3.8, 4) is 0 Å². The molecule has 5 fully saturated rings. The van der Waals surface area contributed by atoms with Gasteiger partial charge in [-0.1, -0.05) is 34.6 Å². The van der Waals surface area contributed by atoms with Crippen LogP contribution in [0.1, 0.15) is 98.8 Å². The first-order valence-corrected chi connectivity index (χ1v) is 13.4. The number of hydrogen-bond acceptors (Lipinski definition) is 1. The molecule has 11 atom stereocenters. The Morgan fingerprint density at radius 3 is 2.21 bits per heavy atom. The second-order valence-electron chi connectivity index (χ2n) is 13.4. The third kappa shape index (κ3) is 3.10. The van der Waals surface area contributed by atoms with Crippen LogP contribution in [0.5, 0.6) is 0 Å². The first-order valence-electron chi connectivity index (χ1n) is 13.4. The lowest BCUT2D eigenvalue weighted by Crippen LogP contribution is -2.51. The van der Waals surface area contributed by atoms with Gasteiger partial charge in [0, 0.05) is 6.61 Å². The molecule has 0 heterocycles. The van der Waals surface area contributed by atoms with Crippen molar-refractivity contribution in [1.29, 1.82) is 0 Å². The van der Waals surface area contributed by atoms with E-state index in [4.69, 9.17) is 0 Å². The van der Waals surface area contributed by atoms with Crippen LogP contribution in [0.2, 0.25) is 0 Å². The van der Waals surface area contributed by atoms with Crippen LogP contribution in [-0.4, -0.2) is 11.7 Å². The fraction of sp³-hybridized carbons (Fsp3) is 1.00. The van der Waals surface area contributed by atoms with E-state index in [1.807, 2.05) is 0 Å². The summed E-state index contributed by atoms with van der Waals surface area (Å²) in [5.74, 6) is 9.31. The van der Waals surface area contributed by atoms with Crippen LogP contribution >= 0.6 is 0 Å². The van der Waals surface area contributed by atoms with Gasteiger partial charge in [-0.25, -0.2) is 0 Å². The van der Waals surface area contributed by atoms with E-state index in [-0.39, 0.29) is 0 Å². The van der Waals surface area contributed by atoms with Crippen molar-refractivity contribution in [1.82, 2.24) is 0 Å². The molecule has 0 bridgehead atoms. The zero-order chi connectivity index (χ0) is 20.6. The Morgan fingerprint density at radius 1 is 0.793 bits per heavy atom. The van der Waals surface area contributed by atoms with Gasteiger partial charge < -0.3 is 5.11 Å². The normalized spacial score (nSPS) is 54.7. The summed E-state index contributed by atoms with van der Waals surface area (Å²) < 4.78 is 0. The van der Waals surface area contributed by atoms with Crippen molar-refractivity contribution < 1.29 is 5.11 Å². The molecule has 5 aliphatic rings. The minimum atomic E-state index is 0.442. The first-order chi connectivity index (χ1) is 13.8. The molecule has 0 aromatic heterocycles. The van der Waals surface area contributed by atoms with E-state index in [1.54, 1.807) is 0 Å². The second-order valence-corrected chi connectivity index (χ2v) is 13.4. The Bertz CT molecular complexity index is 611. The van der Waals surface area contributed by atoms with E-state index < -0.39 is 0 Å². The molecule has 1 nitrogen and oxygen atoms in total. The van der Waals surface area contributed by atoms with Crippen LogP contribution < -0.4 is 0 Å². The van der Waals surface area contributed by atoms with Crippen LogP contribution in [0.15, 0.2) is 0 Å². The molecule has 29 heavy (non-hydrogen) atoms. The minimum Gasteiger partial charge on any atom is -0.396 e. The van der Waals surface area contributed by atoms with E-state index >= 15 is 0 Å². The number of aliphatic hydroxyl groups is 1. The fourth-order valence-electron chi connectivity index (χ4n) is 10.5. The predicted octanol–water partition coefficient (Wildman–Crippen LogP) is 7.18. The lowest BCUT2D eigenvalue weighted by Gasteiger charge is -2.58. The summed E-state index contributed by atoms with van der Waals surface area (Å²) in [6.45, 7) is 13.3. The van der Waals surface area contributed by atoms with Gasteiger partial charge in [-0.15, -0.1) is 0 Å². The first kappa shape index (κ1) is 20.8. The maximum absolute atomic E-state index is 9.94. The predicted molar refractivity (Wildman–Crippen MR) is 121 cm³/mol. The Kier molecular flexibility index (Phi) is 5.21. The zero-order valence-electron chi connectivity index (χ0n) is 20.0. The molecule has 0 saturated heterocycles. The molecule has 5 aliphatic carbocycles. The van der Waals surface area contributed by atoms with Crippen molar-refractivity contribution in [2.24, 2.45) is 70.0 Å². The average molecular weight is 401 g/mol. The number of aliphatic hydroxyl groups excluding tert-OH is 1. The summed E-state index contributed by atoms with van der Waals surface area (Å²) in [6, 6.07) is 0. The number of hydrogen-bond donors (Lipinski definition) is 1. The van der Waals surface area contributed by atoms with E-state index in [2.05, 4.69) is 34.6 Å². The SMILES string of the molecule is CC(C)C[C@@H]1C[C@H]1[C@@H](C)C1CCC2C3CC[C@H]4[C@@H](CO)CC[C@]4(C)C3CC[C@@]21C. The Morgan fingerprint density at radius 2 is 1.48 bits per heavy atom. The van der Waals surface area contributed by atoms with E-state index in [1.165, 1.54) is 64.2 Å². The highest BCUT2D eigenvalue weighted by molar-refractivity contribution is 5.12. The monoisotopic (exact) mass is 400 g/mol. The fourth-order valence-corrected chi connectivity index (χ4v) is 10.5. The quantitative estimate of drug-likeness (QED) is 0.518. The largest absolute Gasteiger partial charge is 0.396 e. The van der Waals surface area contributed by atoms with Crippen LogP contribution in [0.3, 0.4) is 0 Å². The van der Waals surface area contributed by atoms with Gasteiger partial charge in [0.2, 0.25) is 0 Å².